The van der Waals surface area contributed by atoms with Crippen LogP contribution in [0.5, 0.6) is 0 Å². The highest BCUT2D eigenvalue weighted by Crippen LogP contribution is 2.25. The summed E-state index contributed by atoms with van der Waals surface area (Å²) in [4.78, 5) is 24.8. The SMILES string of the molecule is COC(=O)[C@@H]1CN(C(=O)OC(C)(C)C)C[C@H]1CO. The van der Waals surface area contributed by atoms with Gasteiger partial charge in [0.05, 0.1) is 13.0 Å². The second kappa shape index (κ2) is 5.56. The molecular formula is C12H21NO5. The third kappa shape index (κ3) is 3.60. The molecule has 1 heterocycles. The van der Waals surface area contributed by atoms with Crippen LogP contribution >= 0.6 is 0 Å². The van der Waals surface area contributed by atoms with Gasteiger partial charge < -0.3 is 19.5 Å². The van der Waals surface area contributed by atoms with Crippen LogP contribution in [0, 0.1) is 11.8 Å². The molecule has 0 aromatic carbocycles. The Morgan fingerprint density at radius 1 is 1.33 bits per heavy atom. The van der Waals surface area contributed by atoms with Gasteiger partial charge in [-0.05, 0) is 20.8 Å². The van der Waals surface area contributed by atoms with Gasteiger partial charge in [0, 0.05) is 25.6 Å². The lowest BCUT2D eigenvalue weighted by molar-refractivity contribution is -0.146. The Morgan fingerprint density at radius 3 is 2.39 bits per heavy atom. The summed E-state index contributed by atoms with van der Waals surface area (Å²) in [7, 11) is 1.30. The van der Waals surface area contributed by atoms with Crippen LogP contribution in [-0.2, 0) is 14.3 Å². The first-order chi connectivity index (χ1) is 8.28. The molecule has 1 rings (SSSR count). The van der Waals surface area contributed by atoms with Crippen LogP contribution < -0.4 is 0 Å². The average Bonchev–Trinajstić information content (AvgIpc) is 2.69. The van der Waals surface area contributed by atoms with Gasteiger partial charge in [0.1, 0.15) is 5.60 Å². The number of esters is 1. The van der Waals surface area contributed by atoms with Gasteiger partial charge in [-0.15, -0.1) is 0 Å². The quantitative estimate of drug-likeness (QED) is 0.736. The van der Waals surface area contributed by atoms with Gasteiger partial charge in [0.2, 0.25) is 0 Å². The zero-order chi connectivity index (χ0) is 13.9. The molecular weight excluding hydrogens is 238 g/mol. The summed E-state index contributed by atoms with van der Waals surface area (Å²) in [6, 6.07) is 0. The molecule has 1 aliphatic heterocycles. The highest BCUT2D eigenvalue weighted by molar-refractivity contribution is 5.76. The van der Waals surface area contributed by atoms with E-state index in [1.165, 1.54) is 12.0 Å². The summed E-state index contributed by atoms with van der Waals surface area (Å²) in [5.74, 6) is -1.17. The summed E-state index contributed by atoms with van der Waals surface area (Å²) in [6.07, 6.45) is -0.465. The molecule has 0 aliphatic carbocycles. The van der Waals surface area contributed by atoms with Gasteiger partial charge in [-0.2, -0.15) is 0 Å². The minimum absolute atomic E-state index is 0.154. The molecule has 0 unspecified atom stereocenters. The molecule has 1 saturated heterocycles. The molecule has 1 N–H and O–H groups in total. The Bertz CT molecular complexity index is 323. The summed E-state index contributed by atoms with van der Waals surface area (Å²) in [5.41, 5.74) is -0.574. The van der Waals surface area contributed by atoms with Crippen molar-refractivity contribution in [3.8, 4) is 0 Å². The third-order valence-corrected chi connectivity index (χ3v) is 2.83. The first-order valence-electron chi connectivity index (χ1n) is 5.95. The van der Waals surface area contributed by atoms with E-state index in [1.54, 1.807) is 20.8 Å². The van der Waals surface area contributed by atoms with Crippen LogP contribution in [0.4, 0.5) is 4.79 Å². The van der Waals surface area contributed by atoms with E-state index in [0.29, 0.717) is 6.54 Å². The largest absolute Gasteiger partial charge is 0.469 e. The lowest BCUT2D eigenvalue weighted by atomic mass is 9.97. The number of hydrogen-bond acceptors (Lipinski definition) is 5. The number of carbonyl (C=O) groups is 2. The molecule has 0 bridgehead atoms. The number of ether oxygens (including phenoxy) is 2. The van der Waals surface area contributed by atoms with Crippen LogP contribution in [0.1, 0.15) is 20.8 Å². The van der Waals surface area contributed by atoms with Crippen LogP contribution in [0.25, 0.3) is 0 Å². The minimum atomic E-state index is -0.574. The second-order valence-corrected chi connectivity index (χ2v) is 5.46. The third-order valence-electron chi connectivity index (χ3n) is 2.83. The van der Waals surface area contributed by atoms with Crippen molar-refractivity contribution in [3.05, 3.63) is 0 Å². The van der Waals surface area contributed by atoms with Crippen molar-refractivity contribution < 1.29 is 24.2 Å². The number of hydrogen-bond donors (Lipinski definition) is 1. The Kier molecular flexibility index (Phi) is 4.56. The molecule has 1 aliphatic rings. The van der Waals surface area contributed by atoms with Crippen molar-refractivity contribution in [1.82, 2.24) is 4.90 Å². The number of rotatable bonds is 2. The summed E-state index contributed by atoms with van der Waals surface area (Å²) in [6.45, 7) is 5.73. The average molecular weight is 259 g/mol. The Morgan fingerprint density at radius 2 is 1.94 bits per heavy atom. The van der Waals surface area contributed by atoms with Gasteiger partial charge in [0.25, 0.3) is 0 Å². The summed E-state index contributed by atoms with van der Waals surface area (Å²) >= 11 is 0. The van der Waals surface area contributed by atoms with E-state index in [9.17, 15) is 14.7 Å². The Balaban J connectivity index is 2.66. The van der Waals surface area contributed by atoms with Crippen molar-refractivity contribution in [2.24, 2.45) is 11.8 Å². The van der Waals surface area contributed by atoms with Crippen molar-refractivity contribution in [3.63, 3.8) is 0 Å². The normalized spacial score (nSPS) is 23.9. The summed E-state index contributed by atoms with van der Waals surface area (Å²) in [5, 5.41) is 9.23. The van der Waals surface area contributed by atoms with Gasteiger partial charge >= 0.3 is 12.1 Å². The minimum Gasteiger partial charge on any atom is -0.469 e. The zero-order valence-corrected chi connectivity index (χ0v) is 11.3. The fraction of sp³-hybridized carbons (Fsp3) is 0.833. The maximum Gasteiger partial charge on any atom is 0.410 e. The van der Waals surface area contributed by atoms with E-state index >= 15 is 0 Å². The van der Waals surface area contributed by atoms with E-state index in [-0.39, 0.29) is 19.1 Å². The van der Waals surface area contributed by atoms with Crippen LogP contribution in [0.2, 0.25) is 0 Å². The van der Waals surface area contributed by atoms with Crippen LogP contribution in [0.3, 0.4) is 0 Å². The molecule has 2 atom stereocenters. The molecule has 104 valence electrons. The fourth-order valence-electron chi connectivity index (χ4n) is 1.95. The molecule has 6 heteroatoms. The topological polar surface area (TPSA) is 76.1 Å². The first kappa shape index (κ1) is 14.8. The number of aliphatic hydroxyl groups excluding tert-OH is 1. The highest BCUT2D eigenvalue weighted by Gasteiger charge is 2.41. The van der Waals surface area contributed by atoms with Crippen LogP contribution in [0.15, 0.2) is 0 Å². The Hall–Kier alpha value is -1.30. The molecule has 0 spiro atoms. The molecule has 0 aromatic rings. The second-order valence-electron chi connectivity index (χ2n) is 5.46. The molecule has 18 heavy (non-hydrogen) atoms. The van der Waals surface area contributed by atoms with Crippen LogP contribution in [-0.4, -0.2) is 54.5 Å². The maximum atomic E-state index is 11.8. The first-order valence-corrected chi connectivity index (χ1v) is 5.95. The lowest BCUT2D eigenvalue weighted by Crippen LogP contribution is -2.36. The van der Waals surface area contributed by atoms with E-state index in [2.05, 4.69) is 4.74 Å². The van der Waals surface area contributed by atoms with E-state index < -0.39 is 23.6 Å². The maximum absolute atomic E-state index is 11.8. The zero-order valence-electron chi connectivity index (χ0n) is 11.3. The number of methoxy groups -OCH3 is 1. The molecule has 0 saturated carbocycles. The van der Waals surface area contributed by atoms with Gasteiger partial charge in [-0.1, -0.05) is 0 Å². The standard InChI is InChI=1S/C12H21NO5/c1-12(2,3)18-11(16)13-5-8(7-14)9(6-13)10(15)17-4/h8-9,14H,5-7H2,1-4H3/t8-,9+/m0/s1. The molecule has 1 amide bonds. The number of aliphatic hydroxyl groups is 1. The molecule has 0 aromatic heterocycles. The predicted octanol–water partition coefficient (Wildman–Crippen LogP) is 0.635. The van der Waals surface area contributed by atoms with E-state index in [1.807, 2.05) is 0 Å². The highest BCUT2D eigenvalue weighted by atomic mass is 16.6. The number of nitrogens with zero attached hydrogens (tertiary/aromatic N) is 1. The fourth-order valence-corrected chi connectivity index (χ4v) is 1.95. The van der Waals surface area contributed by atoms with Crippen molar-refractivity contribution in [2.75, 3.05) is 26.8 Å². The number of likely N-dealkylation sites (tertiary alicyclic amines) is 1. The molecule has 1 fully saturated rings. The number of carbonyl (C=O) groups excluding carboxylic acids is 2. The van der Waals surface area contributed by atoms with E-state index in [4.69, 9.17) is 4.74 Å². The Labute approximate surface area is 107 Å². The lowest BCUT2D eigenvalue weighted by Gasteiger charge is -2.24. The smallest absolute Gasteiger partial charge is 0.410 e. The van der Waals surface area contributed by atoms with Gasteiger partial charge in [-0.3, -0.25) is 4.79 Å². The monoisotopic (exact) mass is 259 g/mol. The van der Waals surface area contributed by atoms with Crippen molar-refractivity contribution in [1.29, 1.82) is 0 Å². The predicted molar refractivity (Wildman–Crippen MR) is 63.9 cm³/mol. The van der Waals surface area contributed by atoms with E-state index in [0.717, 1.165) is 0 Å². The summed E-state index contributed by atoms with van der Waals surface area (Å²) < 4.78 is 9.90. The van der Waals surface area contributed by atoms with Gasteiger partial charge in [-0.25, -0.2) is 4.79 Å². The van der Waals surface area contributed by atoms with Crippen molar-refractivity contribution in [2.45, 2.75) is 26.4 Å². The number of amides is 1. The van der Waals surface area contributed by atoms with Crippen molar-refractivity contribution >= 4 is 12.1 Å². The molecule has 6 nitrogen and oxygen atoms in total. The molecule has 0 radical (unpaired) electrons. The van der Waals surface area contributed by atoms with Gasteiger partial charge in [0.15, 0.2) is 0 Å².